The third kappa shape index (κ3) is 5.01. The predicted molar refractivity (Wildman–Crippen MR) is 107 cm³/mol. The Balaban J connectivity index is 1.74. The second kappa shape index (κ2) is 8.74. The van der Waals surface area contributed by atoms with Crippen molar-refractivity contribution in [2.75, 3.05) is 36.4 Å². The van der Waals surface area contributed by atoms with Crippen molar-refractivity contribution in [3.63, 3.8) is 0 Å². The maximum absolute atomic E-state index is 12.7. The van der Waals surface area contributed by atoms with Gasteiger partial charge < -0.3 is 19.9 Å². The lowest BCUT2D eigenvalue weighted by Crippen LogP contribution is -2.48. The average Bonchev–Trinajstić information content (AvgIpc) is 2.63. The number of benzene rings is 1. The van der Waals surface area contributed by atoms with Crippen LogP contribution in [0.2, 0.25) is 0 Å². The van der Waals surface area contributed by atoms with Gasteiger partial charge in [0.25, 0.3) is 5.91 Å². The molecule has 0 saturated carbocycles. The first-order valence-corrected chi connectivity index (χ1v) is 10.1. The molecule has 3 rings (SSSR count). The monoisotopic (exact) mass is 373 g/mol. The summed E-state index contributed by atoms with van der Waals surface area (Å²) in [6.45, 7) is 9.53. The summed E-state index contributed by atoms with van der Waals surface area (Å²) in [4.78, 5) is 29.1. The Kier molecular flexibility index (Phi) is 6.37. The van der Waals surface area contributed by atoms with Crippen LogP contribution in [0.3, 0.4) is 0 Å². The lowest BCUT2D eigenvalue weighted by atomic mass is 10.1. The largest absolute Gasteiger partial charge is 0.479 e. The Morgan fingerprint density at radius 2 is 1.96 bits per heavy atom. The van der Waals surface area contributed by atoms with Crippen LogP contribution in [0.25, 0.3) is 0 Å². The minimum absolute atomic E-state index is 0.0127. The third-order valence-corrected chi connectivity index (χ3v) is 5.13. The van der Waals surface area contributed by atoms with E-state index in [1.54, 1.807) is 6.92 Å². The van der Waals surface area contributed by atoms with Gasteiger partial charge in [0.1, 0.15) is 5.75 Å². The van der Waals surface area contributed by atoms with E-state index in [2.05, 4.69) is 10.2 Å². The summed E-state index contributed by atoms with van der Waals surface area (Å²) >= 11 is 0. The number of fused-ring (bicyclic) bond motifs is 1. The summed E-state index contributed by atoms with van der Waals surface area (Å²) in [5.74, 6) is 0.962. The van der Waals surface area contributed by atoms with Crippen LogP contribution in [0.5, 0.6) is 5.75 Å². The molecule has 0 spiro atoms. The second-order valence-corrected chi connectivity index (χ2v) is 7.98. The van der Waals surface area contributed by atoms with Crippen LogP contribution in [0.1, 0.15) is 46.5 Å². The van der Waals surface area contributed by atoms with Gasteiger partial charge in [0.05, 0.1) is 5.69 Å². The van der Waals surface area contributed by atoms with Crippen molar-refractivity contribution in [3.05, 3.63) is 18.2 Å². The number of nitrogens with one attached hydrogen (secondary N) is 1. The first-order chi connectivity index (χ1) is 12.9. The van der Waals surface area contributed by atoms with E-state index in [0.717, 1.165) is 25.3 Å². The highest BCUT2D eigenvalue weighted by atomic mass is 16.5. The SMILES string of the molecule is CC(C)CC(=O)Nc1ccc2c(c1)N(CCN1CCCCC1)C(=O)C(C)O2. The number of amides is 2. The minimum Gasteiger partial charge on any atom is -0.479 e. The Hall–Kier alpha value is -2.08. The molecule has 27 heavy (non-hydrogen) atoms. The minimum atomic E-state index is -0.486. The molecule has 2 aliphatic rings. The summed E-state index contributed by atoms with van der Waals surface area (Å²) in [6.07, 6.45) is 3.75. The molecule has 1 atom stereocenters. The van der Waals surface area contributed by atoms with Gasteiger partial charge in [0, 0.05) is 25.2 Å². The van der Waals surface area contributed by atoms with Gasteiger partial charge in [-0.15, -0.1) is 0 Å². The van der Waals surface area contributed by atoms with Gasteiger partial charge in [-0.25, -0.2) is 0 Å². The summed E-state index contributed by atoms with van der Waals surface area (Å²) in [5, 5.41) is 2.93. The summed E-state index contributed by atoms with van der Waals surface area (Å²) < 4.78 is 5.77. The highest BCUT2D eigenvalue weighted by Crippen LogP contribution is 2.36. The predicted octanol–water partition coefficient (Wildman–Crippen LogP) is 3.27. The molecule has 6 heteroatoms. The normalized spacial score (nSPS) is 20.4. The number of carbonyl (C=O) groups is 2. The molecule has 2 amide bonds. The molecule has 1 N–H and O–H groups in total. The van der Waals surface area contributed by atoms with E-state index in [0.29, 0.717) is 30.3 Å². The molecule has 6 nitrogen and oxygen atoms in total. The van der Waals surface area contributed by atoms with Gasteiger partial charge >= 0.3 is 0 Å². The van der Waals surface area contributed by atoms with Crippen molar-refractivity contribution in [2.24, 2.45) is 5.92 Å². The van der Waals surface area contributed by atoms with Crippen LogP contribution in [0.4, 0.5) is 11.4 Å². The van der Waals surface area contributed by atoms with Gasteiger partial charge in [-0.05, 0) is 57.0 Å². The fourth-order valence-electron chi connectivity index (χ4n) is 3.72. The van der Waals surface area contributed by atoms with Crippen molar-refractivity contribution < 1.29 is 14.3 Å². The molecular formula is C21H31N3O3. The Morgan fingerprint density at radius 1 is 1.22 bits per heavy atom. The Labute approximate surface area is 161 Å². The number of nitrogens with zero attached hydrogens (tertiary/aromatic N) is 2. The van der Waals surface area contributed by atoms with E-state index < -0.39 is 6.10 Å². The van der Waals surface area contributed by atoms with E-state index in [9.17, 15) is 9.59 Å². The van der Waals surface area contributed by atoms with Crippen LogP contribution in [-0.2, 0) is 9.59 Å². The number of piperidine rings is 1. The lowest BCUT2D eigenvalue weighted by Gasteiger charge is -2.35. The van der Waals surface area contributed by atoms with Crippen molar-refractivity contribution in [1.29, 1.82) is 0 Å². The quantitative estimate of drug-likeness (QED) is 0.831. The number of hydrogen-bond donors (Lipinski definition) is 1. The zero-order chi connectivity index (χ0) is 19.4. The maximum atomic E-state index is 12.7. The third-order valence-electron chi connectivity index (χ3n) is 5.13. The fourth-order valence-corrected chi connectivity index (χ4v) is 3.72. The van der Waals surface area contributed by atoms with E-state index >= 15 is 0 Å². The molecule has 1 aromatic rings. The number of anilines is 2. The molecule has 1 unspecified atom stereocenters. The second-order valence-electron chi connectivity index (χ2n) is 7.98. The number of carbonyl (C=O) groups excluding carboxylic acids is 2. The molecule has 0 radical (unpaired) electrons. The Morgan fingerprint density at radius 3 is 2.67 bits per heavy atom. The molecule has 148 valence electrons. The summed E-state index contributed by atoms with van der Waals surface area (Å²) in [6, 6.07) is 5.53. The van der Waals surface area contributed by atoms with Gasteiger partial charge in [0.15, 0.2) is 6.10 Å². The molecular weight excluding hydrogens is 342 g/mol. The topological polar surface area (TPSA) is 61.9 Å². The van der Waals surface area contributed by atoms with Crippen LogP contribution in [0.15, 0.2) is 18.2 Å². The van der Waals surface area contributed by atoms with E-state index in [4.69, 9.17) is 4.74 Å². The smallest absolute Gasteiger partial charge is 0.267 e. The standard InChI is InChI=1S/C21H31N3O3/c1-15(2)13-20(25)22-17-7-8-19-18(14-17)24(21(26)16(3)27-19)12-11-23-9-5-4-6-10-23/h7-8,14-16H,4-6,9-13H2,1-3H3,(H,22,25). The zero-order valence-electron chi connectivity index (χ0n) is 16.7. The van der Waals surface area contributed by atoms with E-state index in [1.807, 2.05) is 36.9 Å². The summed E-state index contributed by atoms with van der Waals surface area (Å²) in [5.41, 5.74) is 1.45. The number of rotatable bonds is 6. The van der Waals surface area contributed by atoms with E-state index in [-0.39, 0.29) is 11.8 Å². The Bertz CT molecular complexity index is 683. The highest BCUT2D eigenvalue weighted by Gasteiger charge is 2.32. The van der Waals surface area contributed by atoms with Gasteiger partial charge in [-0.1, -0.05) is 20.3 Å². The molecule has 2 heterocycles. The molecule has 1 saturated heterocycles. The zero-order valence-corrected chi connectivity index (χ0v) is 16.7. The number of hydrogen-bond acceptors (Lipinski definition) is 4. The van der Waals surface area contributed by atoms with Crippen LogP contribution in [-0.4, -0.2) is 49.0 Å². The van der Waals surface area contributed by atoms with Crippen molar-refractivity contribution >= 4 is 23.2 Å². The average molecular weight is 373 g/mol. The first-order valence-electron chi connectivity index (χ1n) is 10.1. The van der Waals surface area contributed by atoms with Crippen molar-refractivity contribution in [2.45, 2.75) is 52.6 Å². The van der Waals surface area contributed by atoms with Gasteiger partial charge in [0.2, 0.25) is 5.91 Å². The molecule has 1 aromatic carbocycles. The number of likely N-dealkylation sites (tertiary alicyclic amines) is 1. The number of ether oxygens (including phenoxy) is 1. The molecule has 0 bridgehead atoms. The van der Waals surface area contributed by atoms with Gasteiger partial charge in [-0.2, -0.15) is 0 Å². The van der Waals surface area contributed by atoms with Crippen molar-refractivity contribution in [3.8, 4) is 5.75 Å². The summed E-state index contributed by atoms with van der Waals surface area (Å²) in [7, 11) is 0. The van der Waals surface area contributed by atoms with E-state index in [1.165, 1.54) is 19.3 Å². The van der Waals surface area contributed by atoms with Gasteiger partial charge in [-0.3, -0.25) is 9.59 Å². The molecule has 2 aliphatic heterocycles. The van der Waals surface area contributed by atoms with Crippen LogP contribution >= 0.6 is 0 Å². The molecule has 0 aliphatic carbocycles. The first kappa shape index (κ1) is 19.7. The highest BCUT2D eigenvalue weighted by molar-refractivity contribution is 6.01. The molecule has 1 fully saturated rings. The maximum Gasteiger partial charge on any atom is 0.267 e. The van der Waals surface area contributed by atoms with Crippen LogP contribution < -0.4 is 15.0 Å². The lowest BCUT2D eigenvalue weighted by molar-refractivity contribution is -0.125. The van der Waals surface area contributed by atoms with Crippen molar-refractivity contribution in [1.82, 2.24) is 4.90 Å². The fraction of sp³-hybridized carbons (Fsp3) is 0.619. The van der Waals surface area contributed by atoms with Crippen LogP contribution in [0, 0.1) is 5.92 Å². The molecule has 0 aromatic heterocycles.